The van der Waals surface area contributed by atoms with Crippen molar-refractivity contribution < 1.29 is 18.4 Å². The van der Waals surface area contributed by atoms with Crippen molar-refractivity contribution in [2.45, 2.75) is 38.0 Å². The van der Waals surface area contributed by atoms with Gasteiger partial charge in [0, 0.05) is 34.3 Å². The Balaban J connectivity index is 1.60. The topological polar surface area (TPSA) is 74.7 Å². The molecule has 3 aromatic rings. The van der Waals surface area contributed by atoms with Gasteiger partial charge in [0.25, 0.3) is 11.8 Å². The number of hydrogen-bond donors (Lipinski definition) is 1. The Kier molecular flexibility index (Phi) is 7.21. The Labute approximate surface area is 212 Å². The average molecular weight is 509 g/mol. The summed E-state index contributed by atoms with van der Waals surface area (Å²) in [4.78, 5) is 31.8. The number of aromatic nitrogens is 1. The van der Waals surface area contributed by atoms with Crippen molar-refractivity contribution in [1.82, 2.24) is 4.98 Å². The molecule has 2 amide bonds. The summed E-state index contributed by atoms with van der Waals surface area (Å²) < 4.78 is 28.2. The molecule has 0 saturated heterocycles. The molecule has 1 aromatic heterocycles. The normalized spacial score (nSPS) is 15.7. The number of carbonyl (C=O) groups is 2. The van der Waals surface area contributed by atoms with E-state index < -0.39 is 23.7 Å². The number of hydrogen-bond acceptors (Lipinski definition) is 5. The van der Waals surface area contributed by atoms with Crippen LogP contribution in [0.2, 0.25) is 0 Å². The van der Waals surface area contributed by atoms with Gasteiger partial charge in [-0.3, -0.25) is 14.6 Å². The lowest BCUT2D eigenvalue weighted by atomic mass is 10.0. The number of benzene rings is 2. The fourth-order valence-electron chi connectivity index (χ4n) is 4.08. The van der Waals surface area contributed by atoms with Crippen molar-refractivity contribution in [3.63, 3.8) is 0 Å². The zero-order valence-corrected chi connectivity index (χ0v) is 21.2. The van der Waals surface area contributed by atoms with Crippen LogP contribution in [-0.2, 0) is 15.5 Å². The number of thioether (sulfide) groups is 1. The quantitative estimate of drug-likeness (QED) is 0.302. The fourth-order valence-corrected chi connectivity index (χ4v) is 4.66. The van der Waals surface area contributed by atoms with E-state index in [9.17, 15) is 18.4 Å². The number of hydrazone groups is 1. The zero-order chi connectivity index (χ0) is 26.0. The zero-order valence-electron chi connectivity index (χ0n) is 20.4. The maximum Gasteiger partial charge on any atom is 0.273 e. The van der Waals surface area contributed by atoms with Crippen LogP contribution in [0.1, 0.15) is 31.4 Å². The Morgan fingerprint density at radius 3 is 2.61 bits per heavy atom. The molecule has 186 valence electrons. The van der Waals surface area contributed by atoms with Gasteiger partial charge >= 0.3 is 0 Å². The summed E-state index contributed by atoms with van der Waals surface area (Å²) in [5.74, 6) is -5.31. The summed E-state index contributed by atoms with van der Waals surface area (Å²) in [5, 5.41) is 8.18. The molecule has 9 heteroatoms. The molecule has 6 nitrogen and oxygen atoms in total. The minimum atomic E-state index is -3.01. The third-order valence-electron chi connectivity index (χ3n) is 6.08. The monoisotopic (exact) mass is 508 g/mol. The number of pyridine rings is 1. The molecule has 2 heterocycles. The predicted molar refractivity (Wildman–Crippen MR) is 140 cm³/mol. The second kappa shape index (κ2) is 10.2. The molecular formula is C27H26F2N4O2S. The van der Waals surface area contributed by atoms with Crippen molar-refractivity contribution in [2.75, 3.05) is 16.6 Å². The van der Waals surface area contributed by atoms with Gasteiger partial charge in [-0.1, -0.05) is 25.1 Å². The highest BCUT2D eigenvalue weighted by molar-refractivity contribution is 7.98. The van der Waals surface area contributed by atoms with Gasteiger partial charge in [-0.05, 0) is 62.1 Å². The molecule has 2 aromatic carbocycles. The number of nitrogens with one attached hydrogen (secondary N) is 1. The van der Waals surface area contributed by atoms with Crippen LogP contribution < -0.4 is 10.3 Å². The second-order valence-electron chi connectivity index (χ2n) is 8.51. The van der Waals surface area contributed by atoms with Gasteiger partial charge < -0.3 is 5.32 Å². The molecule has 0 bridgehead atoms. The van der Waals surface area contributed by atoms with Crippen molar-refractivity contribution in [3.8, 4) is 11.3 Å². The summed E-state index contributed by atoms with van der Waals surface area (Å²) in [6, 6.07) is 14.8. The molecule has 1 aliphatic rings. The molecule has 1 N–H and O–H groups in total. The van der Waals surface area contributed by atoms with E-state index in [0.717, 1.165) is 21.7 Å². The van der Waals surface area contributed by atoms with E-state index in [0.29, 0.717) is 11.4 Å². The fraction of sp³-hybridized carbons (Fsp3) is 0.259. The summed E-state index contributed by atoms with van der Waals surface area (Å²) in [5.41, 5.74) is 3.48. The Morgan fingerprint density at radius 2 is 1.92 bits per heavy atom. The van der Waals surface area contributed by atoms with Gasteiger partial charge in [0.15, 0.2) is 5.92 Å². The molecule has 0 spiro atoms. The van der Waals surface area contributed by atoms with Crippen LogP contribution in [0.5, 0.6) is 0 Å². The van der Waals surface area contributed by atoms with Gasteiger partial charge in [-0.15, -0.1) is 11.8 Å². The molecule has 1 aliphatic heterocycles. The van der Waals surface area contributed by atoms with Gasteiger partial charge in [-0.2, -0.15) is 10.1 Å². The Bertz CT molecular complexity index is 1360. The smallest absolute Gasteiger partial charge is 0.273 e. The lowest BCUT2D eigenvalue weighted by molar-refractivity contribution is -0.127. The van der Waals surface area contributed by atoms with Crippen LogP contribution in [0.15, 0.2) is 70.8 Å². The van der Waals surface area contributed by atoms with E-state index in [1.54, 1.807) is 30.9 Å². The first-order valence-electron chi connectivity index (χ1n) is 11.4. The molecule has 0 fully saturated rings. The summed E-state index contributed by atoms with van der Waals surface area (Å²) in [6.45, 7) is 4.96. The predicted octanol–water partition coefficient (Wildman–Crippen LogP) is 6.26. The number of anilines is 2. The van der Waals surface area contributed by atoms with E-state index in [2.05, 4.69) is 15.4 Å². The standard InChI is InChI=1S/C27H26F2N4O2S/c1-5-27(28,29)18-9-6-10-19(14-18)31-25(34)23-17(3)32-33(26(23)35)20-11-12-22(36-4)21(15-20)24-16(2)8-7-13-30-24/h6-15,23H,5H2,1-4H3,(H,31,34). The van der Waals surface area contributed by atoms with Gasteiger partial charge in [-0.25, -0.2) is 8.78 Å². The molecule has 1 atom stereocenters. The first-order chi connectivity index (χ1) is 17.2. The lowest BCUT2D eigenvalue weighted by Gasteiger charge is -2.18. The van der Waals surface area contributed by atoms with E-state index in [-0.39, 0.29) is 17.7 Å². The number of alkyl halides is 2. The maximum absolute atomic E-state index is 14.1. The van der Waals surface area contributed by atoms with Crippen molar-refractivity contribution >= 4 is 40.7 Å². The van der Waals surface area contributed by atoms with Crippen molar-refractivity contribution in [1.29, 1.82) is 0 Å². The maximum atomic E-state index is 14.1. The molecule has 0 aliphatic carbocycles. The minimum absolute atomic E-state index is 0.196. The number of amides is 2. The van der Waals surface area contributed by atoms with Gasteiger partial charge in [0.2, 0.25) is 5.91 Å². The molecule has 0 saturated carbocycles. The molecule has 0 radical (unpaired) electrons. The van der Waals surface area contributed by atoms with Crippen LogP contribution in [0.3, 0.4) is 0 Å². The molecular weight excluding hydrogens is 482 g/mol. The van der Waals surface area contributed by atoms with Gasteiger partial charge in [0.1, 0.15) is 0 Å². The van der Waals surface area contributed by atoms with Crippen LogP contribution in [0.4, 0.5) is 20.2 Å². The van der Waals surface area contributed by atoms with Crippen LogP contribution in [0.25, 0.3) is 11.3 Å². The number of halogens is 2. The number of rotatable bonds is 7. The SMILES string of the molecule is CCC(F)(F)c1cccc(NC(=O)C2C(=O)N(c3ccc(SC)c(-c4ncccc4C)c3)N=C2C)c1. The average Bonchev–Trinajstić information content (AvgIpc) is 3.17. The molecule has 36 heavy (non-hydrogen) atoms. The largest absolute Gasteiger partial charge is 0.325 e. The lowest BCUT2D eigenvalue weighted by Crippen LogP contribution is -2.36. The van der Waals surface area contributed by atoms with Crippen molar-refractivity contribution in [3.05, 3.63) is 71.9 Å². The number of aryl methyl sites for hydroxylation is 1. The van der Waals surface area contributed by atoms with E-state index >= 15 is 0 Å². The Hall–Kier alpha value is -3.59. The second-order valence-corrected chi connectivity index (χ2v) is 9.35. The van der Waals surface area contributed by atoms with E-state index in [4.69, 9.17) is 0 Å². The Morgan fingerprint density at radius 1 is 1.14 bits per heavy atom. The van der Waals surface area contributed by atoms with Crippen molar-refractivity contribution in [2.24, 2.45) is 11.0 Å². The van der Waals surface area contributed by atoms with Crippen LogP contribution in [-0.4, -0.2) is 28.8 Å². The molecule has 1 unspecified atom stereocenters. The van der Waals surface area contributed by atoms with E-state index in [1.807, 2.05) is 37.4 Å². The molecule has 4 rings (SSSR count). The third-order valence-corrected chi connectivity index (χ3v) is 6.88. The van der Waals surface area contributed by atoms with Gasteiger partial charge in [0.05, 0.1) is 17.1 Å². The highest BCUT2D eigenvalue weighted by Gasteiger charge is 2.40. The first kappa shape index (κ1) is 25.5. The highest BCUT2D eigenvalue weighted by Crippen LogP contribution is 2.36. The summed E-state index contributed by atoms with van der Waals surface area (Å²) in [6.07, 6.45) is 3.32. The third kappa shape index (κ3) is 4.88. The number of carbonyl (C=O) groups excluding carboxylic acids is 2. The minimum Gasteiger partial charge on any atom is -0.325 e. The summed E-state index contributed by atoms with van der Waals surface area (Å²) >= 11 is 1.57. The number of nitrogens with zero attached hydrogens (tertiary/aromatic N) is 3. The van der Waals surface area contributed by atoms with Crippen LogP contribution in [0, 0.1) is 12.8 Å². The van der Waals surface area contributed by atoms with E-state index in [1.165, 1.54) is 36.2 Å². The summed E-state index contributed by atoms with van der Waals surface area (Å²) in [7, 11) is 0. The first-order valence-corrected chi connectivity index (χ1v) is 12.7. The highest BCUT2D eigenvalue weighted by atomic mass is 32.2. The van der Waals surface area contributed by atoms with Crippen LogP contribution >= 0.6 is 11.8 Å².